The number of carbonyl (C=O) groups is 4. The largest absolute Gasteiger partial charge is 0.481 e. The van der Waals surface area contributed by atoms with Gasteiger partial charge in [0.25, 0.3) is 0 Å². The Hall–Kier alpha value is -2.90. The fourth-order valence-electron chi connectivity index (χ4n) is 4.24. The van der Waals surface area contributed by atoms with Crippen molar-refractivity contribution in [3.63, 3.8) is 0 Å². The van der Waals surface area contributed by atoms with Gasteiger partial charge >= 0.3 is 17.9 Å². The molecule has 0 radical (unpaired) electrons. The zero-order valence-corrected chi connectivity index (χ0v) is 15.6. The van der Waals surface area contributed by atoms with Crippen molar-refractivity contribution in [1.82, 2.24) is 4.90 Å². The minimum Gasteiger partial charge on any atom is -0.481 e. The van der Waals surface area contributed by atoms with Crippen LogP contribution in [-0.2, 0) is 23.9 Å². The summed E-state index contributed by atoms with van der Waals surface area (Å²) in [4.78, 5) is 49.9. The van der Waals surface area contributed by atoms with E-state index in [1.807, 2.05) is 0 Å². The fourth-order valence-corrected chi connectivity index (χ4v) is 4.24. The number of aliphatic carboxylic acids is 1. The quantitative estimate of drug-likeness (QED) is 0.736. The summed E-state index contributed by atoms with van der Waals surface area (Å²) in [6.45, 7) is 0. The molecule has 1 amide bonds. The van der Waals surface area contributed by atoms with Gasteiger partial charge in [-0.3, -0.25) is 14.4 Å². The normalized spacial score (nSPS) is 25.8. The molecule has 1 N–H and O–H groups in total. The molecular weight excluding hydrogens is 366 g/mol. The summed E-state index contributed by atoms with van der Waals surface area (Å²) >= 11 is 0. The highest BCUT2D eigenvalue weighted by Gasteiger charge is 2.53. The molecule has 1 aromatic carbocycles. The molecule has 1 aromatic rings. The Bertz CT molecular complexity index is 763. The minimum absolute atomic E-state index is 0.120. The maximum atomic E-state index is 12.6. The number of hydrogen-bond acceptors (Lipinski definition) is 6. The molecule has 0 aliphatic carbocycles. The van der Waals surface area contributed by atoms with Gasteiger partial charge in [-0.15, -0.1) is 0 Å². The molecule has 4 atom stereocenters. The molecule has 3 rings (SSSR count). The van der Waals surface area contributed by atoms with Crippen LogP contribution < -0.4 is 0 Å². The van der Waals surface area contributed by atoms with Crippen LogP contribution in [0.25, 0.3) is 0 Å². The molecule has 0 spiro atoms. The number of esters is 2. The van der Waals surface area contributed by atoms with Crippen molar-refractivity contribution < 1.29 is 33.8 Å². The minimum atomic E-state index is -1.04. The summed E-state index contributed by atoms with van der Waals surface area (Å²) in [6.07, 6.45) is 0.516. The lowest BCUT2D eigenvalue weighted by atomic mass is 9.86. The maximum absolute atomic E-state index is 12.6. The van der Waals surface area contributed by atoms with Gasteiger partial charge in [0.2, 0.25) is 5.91 Å². The Morgan fingerprint density at radius 2 is 1.82 bits per heavy atom. The number of carbonyl (C=O) groups excluding carboxylic acids is 3. The summed E-state index contributed by atoms with van der Waals surface area (Å²) in [5.41, 5.74) is 0.387. The van der Waals surface area contributed by atoms with E-state index in [0.717, 1.165) is 0 Å². The van der Waals surface area contributed by atoms with Gasteiger partial charge in [-0.05, 0) is 25.0 Å². The molecule has 2 aliphatic heterocycles. The second-order valence-corrected chi connectivity index (χ2v) is 7.09. The average molecular weight is 389 g/mol. The average Bonchev–Trinajstić information content (AvgIpc) is 3.00. The molecule has 8 nitrogen and oxygen atoms in total. The van der Waals surface area contributed by atoms with Crippen LogP contribution in [0.15, 0.2) is 30.3 Å². The van der Waals surface area contributed by atoms with Crippen molar-refractivity contribution in [2.75, 3.05) is 7.11 Å². The number of piperidine rings is 1. The van der Waals surface area contributed by atoms with E-state index in [4.69, 9.17) is 14.6 Å². The highest BCUT2D eigenvalue weighted by Crippen LogP contribution is 2.42. The van der Waals surface area contributed by atoms with Crippen molar-refractivity contribution in [1.29, 1.82) is 0 Å². The summed E-state index contributed by atoms with van der Waals surface area (Å²) < 4.78 is 10.6. The third-order valence-corrected chi connectivity index (χ3v) is 5.45. The van der Waals surface area contributed by atoms with E-state index in [9.17, 15) is 19.2 Å². The zero-order chi connectivity index (χ0) is 20.3. The fraction of sp³-hybridized carbons (Fsp3) is 0.500. The summed E-state index contributed by atoms with van der Waals surface area (Å²) in [6, 6.07) is 7.87. The Morgan fingerprint density at radius 3 is 2.46 bits per heavy atom. The third-order valence-electron chi connectivity index (χ3n) is 5.45. The molecule has 2 saturated heterocycles. The van der Waals surface area contributed by atoms with Crippen LogP contribution >= 0.6 is 0 Å². The van der Waals surface area contributed by atoms with Crippen LogP contribution in [-0.4, -0.2) is 59.1 Å². The number of benzene rings is 1. The van der Waals surface area contributed by atoms with Crippen LogP contribution in [0.4, 0.5) is 0 Å². The predicted molar refractivity (Wildman–Crippen MR) is 96.3 cm³/mol. The van der Waals surface area contributed by atoms with Crippen molar-refractivity contribution in [2.24, 2.45) is 5.92 Å². The number of methoxy groups -OCH3 is 1. The number of nitrogens with zero attached hydrogens (tertiary/aromatic N) is 1. The number of carboxylic acid groups (broad SMARTS) is 1. The standard InChI is InChI=1S/C20H23NO7/c1-27-20(26)18-14-8-7-13(21(14)16(22)9-10-17(23)24)11-15(18)28-19(25)12-5-3-2-4-6-12/h2-6,13-15,18H,7-11H2,1H3,(H,23,24)/t13?,14?,15-,18?/m0/s1. The molecule has 2 bridgehead atoms. The van der Waals surface area contributed by atoms with Crippen molar-refractivity contribution >= 4 is 23.8 Å². The topological polar surface area (TPSA) is 110 Å². The van der Waals surface area contributed by atoms with Gasteiger partial charge in [0, 0.05) is 24.9 Å². The smallest absolute Gasteiger partial charge is 0.338 e. The van der Waals surface area contributed by atoms with Crippen LogP contribution in [0, 0.1) is 5.92 Å². The van der Waals surface area contributed by atoms with E-state index in [1.54, 1.807) is 35.2 Å². The summed E-state index contributed by atoms with van der Waals surface area (Å²) in [5.74, 6) is -3.18. The van der Waals surface area contributed by atoms with Gasteiger partial charge in [-0.2, -0.15) is 0 Å². The molecule has 0 saturated carbocycles. The molecule has 2 fully saturated rings. The Kier molecular flexibility index (Phi) is 5.96. The third kappa shape index (κ3) is 4.00. The SMILES string of the molecule is COC(=O)C1C2CCC(C[C@@H]1OC(=O)c1ccccc1)N2C(=O)CCC(=O)O. The number of ether oxygens (including phenoxy) is 2. The number of carboxylic acids is 1. The number of fused-ring (bicyclic) bond motifs is 2. The van der Waals surface area contributed by atoms with E-state index in [2.05, 4.69) is 0 Å². The lowest BCUT2D eigenvalue weighted by Crippen LogP contribution is -2.57. The van der Waals surface area contributed by atoms with Gasteiger partial charge in [0.15, 0.2) is 0 Å². The highest BCUT2D eigenvalue weighted by atomic mass is 16.6. The van der Waals surface area contributed by atoms with Crippen molar-refractivity contribution in [3.05, 3.63) is 35.9 Å². The van der Waals surface area contributed by atoms with Crippen molar-refractivity contribution in [3.8, 4) is 0 Å². The van der Waals surface area contributed by atoms with Gasteiger partial charge < -0.3 is 19.5 Å². The van der Waals surface area contributed by atoms with E-state index in [-0.39, 0.29) is 24.8 Å². The van der Waals surface area contributed by atoms with Crippen LogP contribution in [0.2, 0.25) is 0 Å². The first-order valence-corrected chi connectivity index (χ1v) is 9.29. The van der Waals surface area contributed by atoms with Gasteiger partial charge in [0.1, 0.15) is 12.0 Å². The van der Waals surface area contributed by atoms with E-state index in [0.29, 0.717) is 24.8 Å². The first kappa shape index (κ1) is 19.9. The summed E-state index contributed by atoms with van der Waals surface area (Å²) in [5, 5.41) is 8.83. The molecule has 28 heavy (non-hydrogen) atoms. The molecule has 2 aliphatic rings. The molecule has 8 heteroatoms. The van der Waals surface area contributed by atoms with E-state index in [1.165, 1.54) is 7.11 Å². The number of hydrogen-bond donors (Lipinski definition) is 1. The zero-order valence-electron chi connectivity index (χ0n) is 15.6. The van der Waals surface area contributed by atoms with Crippen molar-refractivity contribution in [2.45, 2.75) is 50.3 Å². The Balaban J connectivity index is 1.78. The van der Waals surface area contributed by atoms with Gasteiger partial charge in [-0.25, -0.2) is 4.79 Å². The Labute approximate surface area is 162 Å². The first-order valence-electron chi connectivity index (χ1n) is 9.29. The lowest BCUT2D eigenvalue weighted by Gasteiger charge is -2.42. The molecular formula is C20H23NO7. The molecule has 3 unspecified atom stereocenters. The first-order chi connectivity index (χ1) is 13.4. The molecule has 2 heterocycles. The monoisotopic (exact) mass is 389 g/mol. The van der Waals surface area contributed by atoms with Crippen LogP contribution in [0.1, 0.15) is 42.5 Å². The second-order valence-electron chi connectivity index (χ2n) is 7.09. The highest BCUT2D eigenvalue weighted by molar-refractivity contribution is 5.90. The van der Waals surface area contributed by atoms with Gasteiger partial charge in [-0.1, -0.05) is 18.2 Å². The second kappa shape index (κ2) is 8.41. The molecule has 0 aromatic heterocycles. The van der Waals surface area contributed by atoms with Crippen LogP contribution in [0.3, 0.4) is 0 Å². The van der Waals surface area contributed by atoms with Gasteiger partial charge in [0.05, 0.1) is 19.1 Å². The number of rotatable bonds is 6. The van der Waals surface area contributed by atoms with E-state index < -0.39 is 36.0 Å². The predicted octanol–water partition coefficient (Wildman–Crippen LogP) is 1.63. The molecule has 150 valence electrons. The Morgan fingerprint density at radius 1 is 1.11 bits per heavy atom. The lowest BCUT2D eigenvalue weighted by molar-refractivity contribution is -0.160. The summed E-state index contributed by atoms with van der Waals surface area (Å²) in [7, 11) is 1.26. The van der Waals surface area contributed by atoms with Crippen LogP contribution in [0.5, 0.6) is 0 Å². The number of amides is 1. The van der Waals surface area contributed by atoms with E-state index >= 15 is 0 Å². The maximum Gasteiger partial charge on any atom is 0.338 e.